The molecule has 4 rings (SSSR count). The van der Waals surface area contributed by atoms with Crippen molar-refractivity contribution in [1.29, 1.82) is 0 Å². The van der Waals surface area contributed by atoms with E-state index < -0.39 is 0 Å². The van der Waals surface area contributed by atoms with Crippen LogP contribution in [0.15, 0.2) is 65.4 Å². The second kappa shape index (κ2) is 8.74. The number of nitrogens with zero attached hydrogens (tertiary/aromatic N) is 3. The minimum absolute atomic E-state index is 0.0183. The number of anilines is 2. The average Bonchev–Trinajstić information content (AvgIpc) is 2.76. The van der Waals surface area contributed by atoms with E-state index in [2.05, 4.69) is 36.1 Å². The number of hydrogen-bond acceptors (Lipinski definition) is 4. The zero-order valence-corrected chi connectivity index (χ0v) is 17.9. The van der Waals surface area contributed by atoms with Gasteiger partial charge >= 0.3 is 0 Å². The summed E-state index contributed by atoms with van der Waals surface area (Å²) in [4.78, 5) is 23.8. The van der Waals surface area contributed by atoms with Crippen LogP contribution in [0.4, 0.5) is 11.5 Å². The molecule has 0 spiro atoms. The van der Waals surface area contributed by atoms with Gasteiger partial charge in [0.25, 0.3) is 0 Å². The predicted octanol–water partition coefficient (Wildman–Crippen LogP) is 5.07. The quantitative estimate of drug-likeness (QED) is 0.602. The number of aromatic nitrogens is 2. The summed E-state index contributed by atoms with van der Waals surface area (Å²) in [7, 11) is 0. The van der Waals surface area contributed by atoms with Crippen molar-refractivity contribution in [3.63, 3.8) is 0 Å². The molecule has 0 aliphatic carbocycles. The first-order chi connectivity index (χ1) is 14.1. The second-order valence-corrected chi connectivity index (χ2v) is 8.25. The topological polar surface area (TPSA) is 58.1 Å². The minimum atomic E-state index is 0.0183. The molecule has 1 saturated heterocycles. The van der Waals surface area contributed by atoms with E-state index in [-0.39, 0.29) is 11.8 Å². The Morgan fingerprint density at radius 2 is 1.83 bits per heavy atom. The van der Waals surface area contributed by atoms with Gasteiger partial charge in [-0.05, 0) is 43.5 Å². The molecule has 0 saturated carbocycles. The fraction of sp³-hybridized carbons (Fsp3) is 0.261. The van der Waals surface area contributed by atoms with E-state index in [1.165, 1.54) is 0 Å². The third-order valence-electron chi connectivity index (χ3n) is 5.36. The van der Waals surface area contributed by atoms with Gasteiger partial charge < -0.3 is 10.2 Å². The highest BCUT2D eigenvalue weighted by atomic mass is 79.9. The molecule has 1 aliphatic rings. The summed E-state index contributed by atoms with van der Waals surface area (Å²) in [6.45, 7) is 3.62. The van der Waals surface area contributed by atoms with Gasteiger partial charge in [-0.15, -0.1) is 0 Å². The van der Waals surface area contributed by atoms with E-state index >= 15 is 0 Å². The van der Waals surface area contributed by atoms with Crippen molar-refractivity contribution in [2.24, 2.45) is 5.92 Å². The van der Waals surface area contributed by atoms with Gasteiger partial charge in [-0.1, -0.05) is 46.3 Å². The summed E-state index contributed by atoms with van der Waals surface area (Å²) in [6, 6.07) is 18.0. The first-order valence-corrected chi connectivity index (χ1v) is 10.6. The summed E-state index contributed by atoms with van der Waals surface area (Å²) in [6.07, 6.45) is 3.24. The Balaban J connectivity index is 1.39. The van der Waals surface area contributed by atoms with Crippen molar-refractivity contribution in [1.82, 2.24) is 9.97 Å². The smallest absolute Gasteiger partial charge is 0.227 e. The summed E-state index contributed by atoms with van der Waals surface area (Å²) in [5, 5.41) is 3.09. The van der Waals surface area contributed by atoms with Crippen LogP contribution in [0, 0.1) is 12.8 Å². The van der Waals surface area contributed by atoms with Gasteiger partial charge in [0.2, 0.25) is 5.91 Å². The Morgan fingerprint density at radius 3 is 2.55 bits per heavy atom. The molecule has 0 atom stereocenters. The average molecular weight is 451 g/mol. The number of rotatable bonds is 4. The Bertz CT molecular complexity index is 1000. The molecule has 0 radical (unpaired) electrons. The molecule has 1 fully saturated rings. The van der Waals surface area contributed by atoms with Crippen LogP contribution in [0.1, 0.15) is 18.4 Å². The van der Waals surface area contributed by atoms with Crippen molar-refractivity contribution >= 4 is 33.3 Å². The Hall–Kier alpha value is -2.73. The van der Waals surface area contributed by atoms with Crippen LogP contribution in [0.2, 0.25) is 0 Å². The van der Waals surface area contributed by atoms with Crippen molar-refractivity contribution < 1.29 is 4.79 Å². The number of aryl methyl sites for hydroxylation is 1. The predicted molar refractivity (Wildman–Crippen MR) is 120 cm³/mol. The molecule has 29 heavy (non-hydrogen) atoms. The normalized spacial score (nSPS) is 14.6. The van der Waals surface area contributed by atoms with Gasteiger partial charge in [-0.2, -0.15) is 0 Å². The maximum Gasteiger partial charge on any atom is 0.227 e. The van der Waals surface area contributed by atoms with Crippen molar-refractivity contribution in [3.05, 3.63) is 71.0 Å². The second-order valence-electron chi connectivity index (χ2n) is 7.34. The van der Waals surface area contributed by atoms with E-state index in [9.17, 15) is 4.79 Å². The minimum Gasteiger partial charge on any atom is -0.356 e. The molecule has 1 aromatic heterocycles. The largest absolute Gasteiger partial charge is 0.356 e. The Morgan fingerprint density at radius 1 is 1.07 bits per heavy atom. The summed E-state index contributed by atoms with van der Waals surface area (Å²) < 4.78 is 1.01. The zero-order chi connectivity index (χ0) is 20.2. The van der Waals surface area contributed by atoms with Gasteiger partial charge in [0.15, 0.2) is 0 Å². The van der Waals surface area contributed by atoms with Crippen LogP contribution in [-0.4, -0.2) is 29.0 Å². The van der Waals surface area contributed by atoms with Gasteiger partial charge in [0.05, 0.1) is 5.69 Å². The van der Waals surface area contributed by atoms with Crippen molar-refractivity contribution in [2.75, 3.05) is 23.3 Å². The van der Waals surface area contributed by atoms with Gasteiger partial charge in [0.1, 0.15) is 12.1 Å². The number of benzene rings is 2. The fourth-order valence-corrected chi connectivity index (χ4v) is 4.14. The van der Waals surface area contributed by atoms with E-state index in [0.29, 0.717) is 0 Å². The van der Waals surface area contributed by atoms with Gasteiger partial charge in [0, 0.05) is 40.8 Å². The molecule has 0 unspecified atom stereocenters. The molecule has 1 amide bonds. The van der Waals surface area contributed by atoms with E-state index in [0.717, 1.165) is 58.7 Å². The molecular formula is C23H23BrN4O. The molecule has 1 aliphatic heterocycles. The maximum atomic E-state index is 12.7. The third kappa shape index (κ3) is 4.65. The van der Waals surface area contributed by atoms with Crippen molar-refractivity contribution in [3.8, 4) is 11.3 Å². The van der Waals surface area contributed by atoms with E-state index in [4.69, 9.17) is 0 Å². The van der Waals surface area contributed by atoms with Crippen LogP contribution >= 0.6 is 15.9 Å². The SMILES string of the molecule is Cc1cc(Br)ccc1NC(=O)C1CCN(c2cc(-c3ccccc3)ncn2)CC1. The standard InChI is InChI=1S/C23H23BrN4O/c1-16-13-19(24)7-8-20(16)27-23(29)18-9-11-28(12-10-18)22-14-21(25-15-26-22)17-5-3-2-4-6-17/h2-8,13-15,18H,9-12H2,1H3,(H,27,29). The van der Waals surface area contributed by atoms with E-state index in [1.54, 1.807) is 6.33 Å². The number of carbonyl (C=O) groups excluding carboxylic acids is 1. The Labute approximate surface area is 179 Å². The van der Waals surface area contributed by atoms with E-state index in [1.807, 2.05) is 61.5 Å². The molecule has 0 bridgehead atoms. The summed E-state index contributed by atoms with van der Waals surface area (Å²) in [5.41, 5.74) is 3.93. The number of nitrogens with one attached hydrogen (secondary N) is 1. The monoisotopic (exact) mass is 450 g/mol. The summed E-state index contributed by atoms with van der Waals surface area (Å²) >= 11 is 3.46. The van der Waals surface area contributed by atoms with Crippen LogP contribution < -0.4 is 10.2 Å². The zero-order valence-electron chi connectivity index (χ0n) is 16.3. The van der Waals surface area contributed by atoms with Crippen molar-refractivity contribution in [2.45, 2.75) is 19.8 Å². The molecule has 5 nitrogen and oxygen atoms in total. The third-order valence-corrected chi connectivity index (χ3v) is 5.85. The number of amides is 1. The number of hydrogen-bond donors (Lipinski definition) is 1. The molecule has 2 aromatic carbocycles. The first kappa shape index (κ1) is 19.6. The lowest BCUT2D eigenvalue weighted by Gasteiger charge is -2.32. The fourth-order valence-electron chi connectivity index (χ4n) is 3.66. The molecule has 3 aromatic rings. The summed E-state index contributed by atoms with van der Waals surface area (Å²) in [5.74, 6) is 1.04. The highest BCUT2D eigenvalue weighted by Crippen LogP contribution is 2.27. The van der Waals surface area contributed by atoms with Gasteiger partial charge in [-0.25, -0.2) is 9.97 Å². The van der Waals surface area contributed by atoms with Crippen LogP contribution in [-0.2, 0) is 4.79 Å². The van der Waals surface area contributed by atoms with Crippen LogP contribution in [0.5, 0.6) is 0 Å². The van der Waals surface area contributed by atoms with Gasteiger partial charge in [-0.3, -0.25) is 4.79 Å². The highest BCUT2D eigenvalue weighted by molar-refractivity contribution is 9.10. The molecular weight excluding hydrogens is 428 g/mol. The first-order valence-electron chi connectivity index (χ1n) is 9.79. The molecule has 1 N–H and O–H groups in total. The number of piperidine rings is 1. The molecule has 6 heteroatoms. The van der Waals surface area contributed by atoms with Crippen LogP contribution in [0.25, 0.3) is 11.3 Å². The lowest BCUT2D eigenvalue weighted by atomic mass is 9.95. The maximum absolute atomic E-state index is 12.7. The lowest BCUT2D eigenvalue weighted by molar-refractivity contribution is -0.120. The van der Waals surface area contributed by atoms with Crippen LogP contribution in [0.3, 0.4) is 0 Å². The molecule has 2 heterocycles. The number of carbonyl (C=O) groups is 1. The Kier molecular flexibility index (Phi) is 5.90. The number of halogens is 1. The highest BCUT2D eigenvalue weighted by Gasteiger charge is 2.26. The lowest BCUT2D eigenvalue weighted by Crippen LogP contribution is -2.38. The molecule has 148 valence electrons.